The van der Waals surface area contributed by atoms with E-state index in [0.29, 0.717) is 41.5 Å². The number of aryl methyl sites for hydroxylation is 1. The van der Waals surface area contributed by atoms with E-state index in [4.69, 9.17) is 4.74 Å². The number of anilines is 1. The summed E-state index contributed by atoms with van der Waals surface area (Å²) in [5.74, 6) is 0.282. The van der Waals surface area contributed by atoms with E-state index in [1.165, 1.54) is 34.9 Å². The Morgan fingerprint density at radius 1 is 1.10 bits per heavy atom. The van der Waals surface area contributed by atoms with Gasteiger partial charge >= 0.3 is 0 Å². The standard InChI is InChI=1S/C22H22FN3O3/c1-3-17-13-21(28)26(22(25-17)15-5-7-16(23)8-6-15)14-20(27)24-18-9-11-19(12-10-18)29-4-2/h5-13H,3-4,14H2,1-2H3,(H,24,27). The van der Waals surface area contributed by atoms with Gasteiger partial charge in [-0.15, -0.1) is 0 Å². The number of benzene rings is 2. The summed E-state index contributed by atoms with van der Waals surface area (Å²) < 4.78 is 20.0. The van der Waals surface area contributed by atoms with Crippen molar-refractivity contribution in [2.75, 3.05) is 11.9 Å². The quantitative estimate of drug-likeness (QED) is 0.663. The first-order valence-electron chi connectivity index (χ1n) is 9.39. The fourth-order valence-electron chi connectivity index (χ4n) is 2.85. The molecule has 1 amide bonds. The lowest BCUT2D eigenvalue weighted by atomic mass is 10.2. The molecule has 29 heavy (non-hydrogen) atoms. The maximum Gasteiger partial charge on any atom is 0.254 e. The summed E-state index contributed by atoms with van der Waals surface area (Å²) in [4.78, 5) is 29.7. The number of amides is 1. The van der Waals surface area contributed by atoms with E-state index in [1.807, 2.05) is 13.8 Å². The molecular formula is C22H22FN3O3. The van der Waals surface area contributed by atoms with Crippen LogP contribution in [0.15, 0.2) is 59.4 Å². The molecule has 1 N–H and O–H groups in total. The average molecular weight is 395 g/mol. The number of carbonyl (C=O) groups excluding carboxylic acids is 1. The van der Waals surface area contributed by atoms with Crippen LogP contribution in [0.3, 0.4) is 0 Å². The van der Waals surface area contributed by atoms with Gasteiger partial charge in [0.05, 0.1) is 6.61 Å². The number of ether oxygens (including phenoxy) is 1. The third-order valence-corrected chi connectivity index (χ3v) is 4.28. The van der Waals surface area contributed by atoms with E-state index < -0.39 is 0 Å². The maximum absolute atomic E-state index is 13.3. The highest BCUT2D eigenvalue weighted by Crippen LogP contribution is 2.18. The number of hydrogen-bond donors (Lipinski definition) is 1. The SMILES string of the molecule is CCOc1ccc(NC(=O)Cn2c(-c3ccc(F)cc3)nc(CC)cc2=O)cc1. The molecule has 3 rings (SSSR count). The van der Waals surface area contributed by atoms with Crippen molar-refractivity contribution in [3.05, 3.63) is 76.5 Å². The summed E-state index contributed by atoms with van der Waals surface area (Å²) in [6.07, 6.45) is 0.572. The molecule has 7 heteroatoms. The van der Waals surface area contributed by atoms with E-state index >= 15 is 0 Å². The number of halogens is 1. The summed E-state index contributed by atoms with van der Waals surface area (Å²) in [5, 5.41) is 2.76. The predicted octanol–water partition coefficient (Wildman–Crippen LogP) is 3.65. The average Bonchev–Trinajstić information content (AvgIpc) is 2.71. The van der Waals surface area contributed by atoms with Crippen LogP contribution in [-0.4, -0.2) is 22.1 Å². The van der Waals surface area contributed by atoms with Gasteiger partial charge in [-0.1, -0.05) is 6.92 Å². The number of carbonyl (C=O) groups is 1. The van der Waals surface area contributed by atoms with Gasteiger partial charge in [-0.25, -0.2) is 9.37 Å². The highest BCUT2D eigenvalue weighted by Gasteiger charge is 2.14. The lowest BCUT2D eigenvalue weighted by Crippen LogP contribution is -2.30. The van der Waals surface area contributed by atoms with Crippen molar-refractivity contribution in [2.24, 2.45) is 0 Å². The molecule has 0 bridgehead atoms. The van der Waals surface area contributed by atoms with Crippen LogP contribution in [0.2, 0.25) is 0 Å². The largest absolute Gasteiger partial charge is 0.494 e. The van der Waals surface area contributed by atoms with Crippen molar-refractivity contribution >= 4 is 11.6 Å². The normalized spacial score (nSPS) is 10.6. The third kappa shape index (κ3) is 5.07. The minimum atomic E-state index is -0.387. The minimum absolute atomic E-state index is 0.213. The summed E-state index contributed by atoms with van der Waals surface area (Å²) in [6, 6.07) is 14.1. The Bertz CT molecular complexity index is 1040. The maximum atomic E-state index is 13.3. The second-order valence-corrected chi connectivity index (χ2v) is 6.36. The monoisotopic (exact) mass is 395 g/mol. The van der Waals surface area contributed by atoms with Gasteiger partial charge in [0.25, 0.3) is 5.56 Å². The molecule has 1 aromatic heterocycles. The zero-order valence-electron chi connectivity index (χ0n) is 16.3. The Labute approximate surface area is 168 Å². The van der Waals surface area contributed by atoms with Gasteiger partial charge in [-0.3, -0.25) is 14.2 Å². The van der Waals surface area contributed by atoms with Gasteiger partial charge in [0.1, 0.15) is 23.9 Å². The van der Waals surface area contributed by atoms with Gasteiger partial charge in [-0.2, -0.15) is 0 Å². The topological polar surface area (TPSA) is 73.2 Å². The number of nitrogens with one attached hydrogen (secondary N) is 1. The molecule has 0 saturated heterocycles. The fourth-order valence-corrected chi connectivity index (χ4v) is 2.85. The molecule has 3 aromatic rings. The van der Waals surface area contributed by atoms with E-state index in [1.54, 1.807) is 24.3 Å². The Morgan fingerprint density at radius 3 is 2.41 bits per heavy atom. The molecule has 150 valence electrons. The lowest BCUT2D eigenvalue weighted by Gasteiger charge is -2.14. The first-order valence-corrected chi connectivity index (χ1v) is 9.39. The first kappa shape index (κ1) is 20.3. The number of rotatable bonds is 7. The van der Waals surface area contributed by atoms with Crippen LogP contribution < -0.4 is 15.6 Å². The van der Waals surface area contributed by atoms with Crippen molar-refractivity contribution < 1.29 is 13.9 Å². The van der Waals surface area contributed by atoms with Gasteiger partial charge in [-0.05, 0) is 61.9 Å². The fraction of sp³-hybridized carbons (Fsp3) is 0.227. The van der Waals surface area contributed by atoms with Crippen molar-refractivity contribution in [2.45, 2.75) is 26.8 Å². The number of hydrogen-bond acceptors (Lipinski definition) is 4. The molecule has 1 heterocycles. The van der Waals surface area contributed by atoms with E-state index in [0.717, 1.165) is 0 Å². The van der Waals surface area contributed by atoms with Crippen molar-refractivity contribution in [3.63, 3.8) is 0 Å². The van der Waals surface area contributed by atoms with Crippen LogP contribution in [0.25, 0.3) is 11.4 Å². The molecular weight excluding hydrogens is 373 g/mol. The van der Waals surface area contributed by atoms with Crippen molar-refractivity contribution in [3.8, 4) is 17.1 Å². The van der Waals surface area contributed by atoms with Crippen LogP contribution in [0.4, 0.5) is 10.1 Å². The minimum Gasteiger partial charge on any atom is -0.494 e. The molecule has 0 aliphatic heterocycles. The molecule has 0 aliphatic carbocycles. The van der Waals surface area contributed by atoms with Gasteiger partial charge in [0.15, 0.2) is 0 Å². The van der Waals surface area contributed by atoms with E-state index in [2.05, 4.69) is 10.3 Å². The molecule has 0 radical (unpaired) electrons. The Morgan fingerprint density at radius 2 is 1.79 bits per heavy atom. The Kier molecular flexibility index (Phi) is 6.39. The van der Waals surface area contributed by atoms with Crippen LogP contribution in [0.1, 0.15) is 19.5 Å². The molecule has 6 nitrogen and oxygen atoms in total. The smallest absolute Gasteiger partial charge is 0.254 e. The second-order valence-electron chi connectivity index (χ2n) is 6.36. The summed E-state index contributed by atoms with van der Waals surface area (Å²) in [7, 11) is 0. The molecule has 0 aliphatic rings. The van der Waals surface area contributed by atoms with Crippen molar-refractivity contribution in [1.82, 2.24) is 9.55 Å². The van der Waals surface area contributed by atoms with Crippen LogP contribution in [0.5, 0.6) is 5.75 Å². The van der Waals surface area contributed by atoms with Gasteiger partial charge < -0.3 is 10.1 Å². The second kappa shape index (κ2) is 9.14. The van der Waals surface area contributed by atoms with Crippen LogP contribution in [0, 0.1) is 5.82 Å². The third-order valence-electron chi connectivity index (χ3n) is 4.28. The summed E-state index contributed by atoms with van der Waals surface area (Å²) >= 11 is 0. The first-order chi connectivity index (χ1) is 14.0. The zero-order chi connectivity index (χ0) is 20.8. The number of aromatic nitrogens is 2. The predicted molar refractivity (Wildman–Crippen MR) is 110 cm³/mol. The highest BCUT2D eigenvalue weighted by molar-refractivity contribution is 5.90. The Balaban J connectivity index is 1.86. The highest BCUT2D eigenvalue weighted by atomic mass is 19.1. The summed E-state index contributed by atoms with van der Waals surface area (Å²) in [6.45, 7) is 4.13. The van der Waals surface area contributed by atoms with E-state index in [-0.39, 0.29) is 23.8 Å². The molecule has 0 spiro atoms. The van der Waals surface area contributed by atoms with E-state index in [9.17, 15) is 14.0 Å². The molecule has 0 unspecified atom stereocenters. The Hall–Kier alpha value is -3.48. The summed E-state index contributed by atoms with van der Waals surface area (Å²) in [5.41, 5.74) is 1.43. The van der Waals surface area contributed by atoms with Crippen molar-refractivity contribution in [1.29, 1.82) is 0 Å². The molecule has 0 fully saturated rings. The molecule has 0 saturated carbocycles. The molecule has 0 atom stereocenters. The van der Waals surface area contributed by atoms with Crippen LogP contribution in [-0.2, 0) is 17.8 Å². The van der Waals surface area contributed by atoms with Gasteiger partial charge in [0, 0.05) is 23.0 Å². The van der Waals surface area contributed by atoms with Crippen LogP contribution >= 0.6 is 0 Å². The van der Waals surface area contributed by atoms with Gasteiger partial charge in [0.2, 0.25) is 5.91 Å². The zero-order valence-corrected chi connectivity index (χ0v) is 16.3. The number of nitrogens with zero attached hydrogens (tertiary/aromatic N) is 2. The lowest BCUT2D eigenvalue weighted by molar-refractivity contribution is -0.116. The molecule has 2 aromatic carbocycles.